The number of fused-ring (bicyclic) bond motifs is 1. The number of amides is 1. The van der Waals surface area contributed by atoms with Crippen molar-refractivity contribution in [3.8, 4) is 11.3 Å². The molecule has 1 aliphatic rings. The van der Waals surface area contributed by atoms with Crippen molar-refractivity contribution in [3.05, 3.63) is 29.7 Å². The Morgan fingerprint density at radius 1 is 1.23 bits per heavy atom. The number of pyridine rings is 1. The predicted octanol–water partition coefficient (Wildman–Crippen LogP) is 1.44. The maximum atomic E-state index is 11.3. The van der Waals surface area contributed by atoms with Gasteiger partial charge in [-0.1, -0.05) is 0 Å². The third-order valence-corrected chi connectivity index (χ3v) is 3.46. The van der Waals surface area contributed by atoms with Crippen molar-refractivity contribution >= 4 is 17.5 Å². The second-order valence-corrected chi connectivity index (χ2v) is 5.80. The van der Waals surface area contributed by atoms with Crippen molar-refractivity contribution < 1.29 is 9.90 Å². The van der Waals surface area contributed by atoms with E-state index in [1.165, 1.54) is 0 Å². The van der Waals surface area contributed by atoms with Crippen LogP contribution in [-0.4, -0.2) is 32.5 Å². The van der Waals surface area contributed by atoms with E-state index in [0.29, 0.717) is 23.0 Å². The molecule has 0 spiro atoms. The molecule has 1 aliphatic heterocycles. The predicted molar refractivity (Wildman–Crippen MR) is 82.4 cm³/mol. The maximum Gasteiger partial charge on any atom is 0.244 e. The molecule has 0 fully saturated rings. The molecule has 1 amide bonds. The molecule has 0 saturated heterocycles. The number of anilines is 2. The zero-order valence-electron chi connectivity index (χ0n) is 12.6. The quantitative estimate of drug-likeness (QED) is 0.776. The van der Waals surface area contributed by atoms with Crippen LogP contribution in [0.1, 0.15) is 25.1 Å². The molecule has 7 nitrogen and oxygen atoms in total. The smallest absolute Gasteiger partial charge is 0.244 e. The lowest BCUT2D eigenvalue weighted by atomic mass is 10.0. The third kappa shape index (κ3) is 2.62. The van der Waals surface area contributed by atoms with E-state index in [0.717, 1.165) is 11.1 Å². The minimum atomic E-state index is -0.989. The number of nitrogens with one attached hydrogen (secondary N) is 2. The van der Waals surface area contributed by atoms with E-state index in [-0.39, 0.29) is 12.5 Å². The Hall–Kier alpha value is -2.54. The molecule has 3 heterocycles. The van der Waals surface area contributed by atoms with Gasteiger partial charge in [-0.05, 0) is 32.4 Å². The van der Waals surface area contributed by atoms with Crippen molar-refractivity contribution in [2.45, 2.75) is 26.4 Å². The second-order valence-electron chi connectivity index (χ2n) is 5.80. The number of carbonyl (C=O) groups excluding carboxylic acids is 1. The first-order valence-corrected chi connectivity index (χ1v) is 6.95. The molecule has 0 bridgehead atoms. The molecular formula is C15H17N5O2. The molecule has 0 atom stereocenters. The van der Waals surface area contributed by atoms with E-state index in [1.807, 2.05) is 13.0 Å². The summed E-state index contributed by atoms with van der Waals surface area (Å²) < 4.78 is 0. The number of hydrogen-bond donors (Lipinski definition) is 3. The average Bonchev–Trinajstić information content (AvgIpc) is 2.45. The van der Waals surface area contributed by atoms with E-state index in [2.05, 4.69) is 25.6 Å². The highest BCUT2D eigenvalue weighted by Crippen LogP contribution is 2.28. The number of carbonyl (C=O) groups is 1. The normalized spacial score (nSPS) is 14.1. The fraction of sp³-hybridized carbons (Fsp3) is 0.333. The Labute approximate surface area is 127 Å². The molecule has 0 radical (unpaired) electrons. The van der Waals surface area contributed by atoms with Gasteiger partial charge in [-0.3, -0.25) is 9.78 Å². The van der Waals surface area contributed by atoms with E-state index in [4.69, 9.17) is 0 Å². The Bertz CT molecular complexity index is 752. The van der Waals surface area contributed by atoms with Crippen LogP contribution in [0.3, 0.4) is 0 Å². The monoisotopic (exact) mass is 299 g/mol. The van der Waals surface area contributed by atoms with E-state index < -0.39 is 5.60 Å². The standard InChI is InChI=1S/C15H17N5O2/c1-8-4-11(15(2,3)22)16-5-9(8)10-6-17-14-13(19-10)18-7-12(21)20-14/h4-6,22H,7H2,1-3H3,(H,18,19)(H,17,20,21). The van der Waals surface area contributed by atoms with E-state index in [1.54, 1.807) is 26.2 Å². The van der Waals surface area contributed by atoms with Gasteiger partial charge in [0.2, 0.25) is 5.91 Å². The summed E-state index contributed by atoms with van der Waals surface area (Å²) in [6.07, 6.45) is 3.28. The Balaban J connectivity index is 2.00. The third-order valence-electron chi connectivity index (χ3n) is 3.46. The minimum absolute atomic E-state index is 0.137. The van der Waals surface area contributed by atoms with Crippen molar-refractivity contribution in [1.29, 1.82) is 0 Å². The van der Waals surface area contributed by atoms with Crippen LogP contribution in [0.15, 0.2) is 18.5 Å². The van der Waals surface area contributed by atoms with Crippen LogP contribution in [0.5, 0.6) is 0 Å². The van der Waals surface area contributed by atoms with Gasteiger partial charge in [0.1, 0.15) is 5.60 Å². The first kappa shape index (κ1) is 14.4. The van der Waals surface area contributed by atoms with Crippen LogP contribution in [0.25, 0.3) is 11.3 Å². The van der Waals surface area contributed by atoms with Gasteiger partial charge in [-0.25, -0.2) is 9.97 Å². The molecule has 7 heteroatoms. The zero-order valence-corrected chi connectivity index (χ0v) is 12.6. The summed E-state index contributed by atoms with van der Waals surface area (Å²) in [7, 11) is 0. The molecular weight excluding hydrogens is 282 g/mol. The van der Waals surface area contributed by atoms with Crippen molar-refractivity contribution in [2.75, 3.05) is 17.2 Å². The Kier molecular flexibility index (Phi) is 3.29. The van der Waals surface area contributed by atoms with Gasteiger partial charge in [0.05, 0.1) is 24.1 Å². The highest BCUT2D eigenvalue weighted by molar-refractivity contribution is 5.98. The average molecular weight is 299 g/mol. The molecule has 3 rings (SSSR count). The molecule has 0 saturated carbocycles. The lowest BCUT2D eigenvalue weighted by Crippen LogP contribution is -2.28. The van der Waals surface area contributed by atoms with Crippen molar-refractivity contribution in [2.24, 2.45) is 0 Å². The van der Waals surface area contributed by atoms with Gasteiger partial charge >= 0.3 is 0 Å². The van der Waals surface area contributed by atoms with Crippen LogP contribution in [0, 0.1) is 6.92 Å². The van der Waals surface area contributed by atoms with Gasteiger partial charge in [0.25, 0.3) is 0 Å². The van der Waals surface area contributed by atoms with E-state index in [9.17, 15) is 9.90 Å². The van der Waals surface area contributed by atoms with Gasteiger partial charge in [-0.2, -0.15) is 0 Å². The first-order chi connectivity index (χ1) is 10.3. The SMILES string of the molecule is Cc1cc(C(C)(C)O)ncc1-c1cnc2c(n1)NCC(=O)N2. The fourth-order valence-corrected chi connectivity index (χ4v) is 2.23. The highest BCUT2D eigenvalue weighted by atomic mass is 16.3. The van der Waals surface area contributed by atoms with E-state index >= 15 is 0 Å². The lowest BCUT2D eigenvalue weighted by Gasteiger charge is -2.19. The number of aryl methyl sites for hydroxylation is 1. The minimum Gasteiger partial charge on any atom is -0.384 e. The highest BCUT2D eigenvalue weighted by Gasteiger charge is 2.20. The largest absolute Gasteiger partial charge is 0.384 e. The molecule has 22 heavy (non-hydrogen) atoms. The Morgan fingerprint density at radius 2 is 2.00 bits per heavy atom. The maximum absolute atomic E-state index is 11.3. The molecule has 3 N–H and O–H groups in total. The number of nitrogens with zero attached hydrogens (tertiary/aromatic N) is 3. The fourth-order valence-electron chi connectivity index (χ4n) is 2.23. The molecule has 0 aliphatic carbocycles. The van der Waals surface area contributed by atoms with Crippen LogP contribution in [0.4, 0.5) is 11.6 Å². The molecule has 114 valence electrons. The summed E-state index contributed by atoms with van der Waals surface area (Å²) in [6.45, 7) is 5.50. The summed E-state index contributed by atoms with van der Waals surface area (Å²) in [5.74, 6) is 0.837. The molecule has 0 aromatic carbocycles. The number of hydrogen-bond acceptors (Lipinski definition) is 6. The Morgan fingerprint density at radius 3 is 2.68 bits per heavy atom. The number of aromatic nitrogens is 3. The summed E-state index contributed by atoms with van der Waals surface area (Å²) in [5.41, 5.74) is 2.05. The molecule has 2 aromatic rings. The first-order valence-electron chi connectivity index (χ1n) is 6.95. The van der Waals surface area contributed by atoms with Crippen molar-refractivity contribution in [3.63, 3.8) is 0 Å². The summed E-state index contributed by atoms with van der Waals surface area (Å²) in [6, 6.07) is 1.84. The molecule has 0 unspecified atom stereocenters. The topological polar surface area (TPSA) is 100 Å². The summed E-state index contributed by atoms with van der Waals surface area (Å²) in [5, 5.41) is 15.6. The van der Waals surface area contributed by atoms with Crippen molar-refractivity contribution in [1.82, 2.24) is 15.0 Å². The van der Waals surface area contributed by atoms with Gasteiger partial charge in [0, 0.05) is 11.8 Å². The zero-order chi connectivity index (χ0) is 15.9. The van der Waals surface area contributed by atoms with Gasteiger partial charge < -0.3 is 15.7 Å². The van der Waals surface area contributed by atoms with Crippen LogP contribution >= 0.6 is 0 Å². The second kappa shape index (κ2) is 5.03. The molecule has 2 aromatic heterocycles. The summed E-state index contributed by atoms with van der Waals surface area (Å²) in [4.78, 5) is 24.3. The van der Waals surface area contributed by atoms with Gasteiger partial charge in [0.15, 0.2) is 11.6 Å². The lowest BCUT2D eigenvalue weighted by molar-refractivity contribution is -0.114. The number of aliphatic hydroxyl groups is 1. The van der Waals surface area contributed by atoms with Gasteiger partial charge in [-0.15, -0.1) is 0 Å². The van der Waals surface area contributed by atoms with Crippen LogP contribution < -0.4 is 10.6 Å². The van der Waals surface area contributed by atoms with Crippen LogP contribution in [-0.2, 0) is 10.4 Å². The number of rotatable bonds is 2. The van der Waals surface area contributed by atoms with Crippen LogP contribution in [0.2, 0.25) is 0 Å². The summed E-state index contributed by atoms with van der Waals surface area (Å²) >= 11 is 0.